The van der Waals surface area contributed by atoms with E-state index in [4.69, 9.17) is 23.8 Å². The fourth-order valence-corrected chi connectivity index (χ4v) is 10.0. The fourth-order valence-electron chi connectivity index (χ4n) is 10.0. The van der Waals surface area contributed by atoms with Gasteiger partial charge in [-0.2, -0.15) is 0 Å². The lowest BCUT2D eigenvalue weighted by atomic mass is 9.60. The molecular weight excluding hydrogens is 737 g/mol. The van der Waals surface area contributed by atoms with Crippen LogP contribution in [0.1, 0.15) is 0 Å². The first-order valence-electron chi connectivity index (χ1n) is 21.1. The summed E-state index contributed by atoms with van der Waals surface area (Å²) in [7, 11) is 22.0. The van der Waals surface area contributed by atoms with Crippen molar-refractivity contribution in [1.29, 1.82) is 0 Å². The van der Waals surface area contributed by atoms with E-state index in [1.807, 2.05) is 12.1 Å². The van der Waals surface area contributed by atoms with E-state index in [1.54, 1.807) is 0 Å². The van der Waals surface area contributed by atoms with Gasteiger partial charge in [-0.05, 0) is 42.5 Å². The minimum atomic E-state index is 0.613. The first-order chi connectivity index (χ1) is 29.4. The van der Waals surface area contributed by atoms with Gasteiger partial charge in [-0.15, -0.1) is 32.8 Å². The minimum absolute atomic E-state index is 0.613. The van der Waals surface area contributed by atoms with Crippen LogP contribution in [-0.2, 0) is 0 Å². The monoisotopic (exact) mass is 774 g/mol. The maximum Gasteiger partial charge on any atom is 0.164 e. The van der Waals surface area contributed by atoms with Crippen LogP contribution in [0, 0.1) is 0 Å². The average molecular weight is 773 g/mol. The van der Waals surface area contributed by atoms with Crippen LogP contribution in [0.25, 0.3) is 106 Å². The molecule has 11 rings (SSSR count). The van der Waals surface area contributed by atoms with Gasteiger partial charge in [0.1, 0.15) is 95.2 Å². The molecule has 4 heterocycles. The van der Waals surface area contributed by atoms with Crippen molar-refractivity contribution in [3.05, 3.63) is 97.1 Å². The zero-order valence-electron chi connectivity index (χ0n) is 36.3. The maximum absolute atomic E-state index is 6.80. The van der Waals surface area contributed by atoms with Crippen LogP contribution in [-0.4, -0.2) is 98.0 Å². The lowest BCUT2D eigenvalue weighted by Crippen LogP contribution is -2.55. The Hall–Kier alpha value is -6.40. The maximum atomic E-state index is 6.80. The number of aromatic nitrogens is 4. The Labute approximate surface area is 362 Å². The van der Waals surface area contributed by atoms with Crippen molar-refractivity contribution in [3.63, 3.8) is 0 Å². The highest BCUT2D eigenvalue weighted by Gasteiger charge is 2.24. The molecule has 0 aliphatic rings. The Morgan fingerprint density at radius 2 is 0.918 bits per heavy atom. The highest BCUT2D eigenvalue weighted by molar-refractivity contribution is 6.70. The normalized spacial score (nSPS) is 11.9. The first-order valence-corrected chi connectivity index (χ1v) is 21.1. The van der Waals surface area contributed by atoms with Crippen molar-refractivity contribution in [2.45, 2.75) is 0 Å². The Balaban J connectivity index is 1.16. The van der Waals surface area contributed by atoms with Crippen LogP contribution in [0.15, 0.2) is 106 Å². The Morgan fingerprint density at radius 1 is 0.393 bits per heavy atom. The number of rotatable bonds is 4. The fraction of sp³-hybridized carbons (Fsp3) is 0. The SMILES string of the molecule is Bc1c(B)c(B)c(-c2nc(-c3ccc4c(c3)oc3cccc(-n5c6ccccc6c6ccc7c8ccccc8oc7c65)c34)nc(-c3c(B)c(B)c(B)c(B)c3B)n2)c(B)c1B. The topological polar surface area (TPSA) is 69.9 Å². The third-order valence-corrected chi connectivity index (χ3v) is 14.2. The summed E-state index contributed by atoms with van der Waals surface area (Å²) in [5, 5.41) is 6.56. The predicted molar refractivity (Wildman–Crippen MR) is 287 cm³/mol. The Kier molecular flexibility index (Phi) is 8.35. The summed E-state index contributed by atoms with van der Waals surface area (Å²) < 4.78 is 15.8. The number of benzene rings is 7. The van der Waals surface area contributed by atoms with Gasteiger partial charge in [-0.3, -0.25) is 0 Å². The molecule has 0 atom stereocenters. The smallest absolute Gasteiger partial charge is 0.164 e. The third-order valence-electron chi connectivity index (χ3n) is 14.2. The zero-order valence-corrected chi connectivity index (χ0v) is 36.3. The molecule has 0 fully saturated rings. The Morgan fingerprint density at radius 3 is 1.57 bits per heavy atom. The molecule has 0 unspecified atom stereocenters. The van der Waals surface area contributed by atoms with Gasteiger partial charge in [0.2, 0.25) is 0 Å². The molecule has 4 aromatic heterocycles. The van der Waals surface area contributed by atoms with Gasteiger partial charge >= 0.3 is 0 Å². The van der Waals surface area contributed by atoms with Crippen LogP contribution in [0.5, 0.6) is 0 Å². The molecule has 0 bridgehead atoms. The highest BCUT2D eigenvalue weighted by Crippen LogP contribution is 2.43. The molecule has 0 saturated heterocycles. The van der Waals surface area contributed by atoms with Gasteiger partial charge in [0, 0.05) is 43.6 Å². The summed E-state index contributed by atoms with van der Waals surface area (Å²) in [5.41, 5.74) is 21.9. The van der Waals surface area contributed by atoms with Crippen molar-refractivity contribution in [1.82, 2.24) is 19.5 Å². The van der Waals surface area contributed by atoms with Gasteiger partial charge in [0.25, 0.3) is 0 Å². The summed E-state index contributed by atoms with van der Waals surface area (Å²) >= 11 is 0. The molecule has 0 aliphatic heterocycles. The predicted octanol–water partition coefficient (Wildman–Crippen LogP) is -5.65. The molecule has 11 aromatic rings. The highest BCUT2D eigenvalue weighted by atomic mass is 16.3. The third kappa shape index (κ3) is 5.33. The van der Waals surface area contributed by atoms with Crippen molar-refractivity contribution in [2.75, 3.05) is 0 Å². The van der Waals surface area contributed by atoms with E-state index in [2.05, 4.69) is 168 Å². The average Bonchev–Trinajstić information content (AvgIpc) is 3.96. The molecule has 6 nitrogen and oxygen atoms in total. The summed E-state index contributed by atoms with van der Waals surface area (Å²) in [4.78, 5) is 16.0. The molecule has 278 valence electrons. The van der Waals surface area contributed by atoms with Gasteiger partial charge in [-0.25, -0.2) is 15.0 Å². The number of hydrogen-bond acceptors (Lipinski definition) is 5. The molecule has 0 radical (unpaired) electrons. The molecule has 0 N–H and O–H groups in total. The molecule has 0 saturated carbocycles. The second-order valence-electron chi connectivity index (χ2n) is 17.1. The Bertz CT molecular complexity index is 3600. The molecule has 61 heavy (non-hydrogen) atoms. The summed E-state index contributed by atoms with van der Waals surface area (Å²) in [5.74, 6) is 1.99. The van der Waals surface area contributed by atoms with Crippen LogP contribution in [0.2, 0.25) is 0 Å². The number of hydrogen-bond donors (Lipinski definition) is 0. The summed E-state index contributed by atoms with van der Waals surface area (Å²) in [6.07, 6.45) is 0. The summed E-state index contributed by atoms with van der Waals surface area (Å²) in [6.45, 7) is 0. The molecule has 0 spiro atoms. The van der Waals surface area contributed by atoms with Crippen LogP contribution in [0.3, 0.4) is 0 Å². The van der Waals surface area contributed by atoms with Crippen LogP contribution < -0.4 is 54.6 Å². The molecule has 16 heteroatoms. The standard InChI is InChI=1S/C45H36B10N4O2/c46-31-29(32(47)36(51)39(54)35(31)50)44-56-43(57-45(58-44)30-33(48)37(52)40(55)38(53)34(30)49)17-12-13-22-27(16-17)60-26-11-5-9-24(28(22)26)59-23-8-3-1-6-18(23)20-14-15-21-19-7-2-4-10-25(19)61-42(21)41(20)59/h1-16H,46-55H2. The number of furan rings is 2. The van der Waals surface area contributed by atoms with Gasteiger partial charge in [-0.1, -0.05) is 76.4 Å². The lowest BCUT2D eigenvalue weighted by Gasteiger charge is -2.22. The van der Waals surface area contributed by atoms with E-state index in [9.17, 15) is 0 Å². The number of fused-ring (bicyclic) bond motifs is 10. The first kappa shape index (κ1) is 37.6. The van der Waals surface area contributed by atoms with E-state index in [0.29, 0.717) is 17.5 Å². The second-order valence-corrected chi connectivity index (χ2v) is 17.1. The minimum Gasteiger partial charge on any atom is -0.456 e. The molecule has 7 aromatic carbocycles. The van der Waals surface area contributed by atoms with E-state index in [1.165, 1.54) is 60.0 Å². The van der Waals surface area contributed by atoms with E-state index in [0.717, 1.165) is 82.7 Å². The quantitative estimate of drug-likeness (QED) is 0.167. The van der Waals surface area contributed by atoms with Gasteiger partial charge in [0.15, 0.2) is 23.1 Å². The lowest BCUT2D eigenvalue weighted by molar-refractivity contribution is 0.668. The second kappa shape index (κ2) is 13.6. The summed E-state index contributed by atoms with van der Waals surface area (Å²) in [6, 6.07) is 34.1. The van der Waals surface area contributed by atoms with E-state index in [-0.39, 0.29) is 0 Å². The largest absolute Gasteiger partial charge is 0.456 e. The van der Waals surface area contributed by atoms with Gasteiger partial charge < -0.3 is 13.4 Å². The van der Waals surface area contributed by atoms with Crippen molar-refractivity contribution in [2.24, 2.45) is 0 Å². The molecule has 0 aliphatic carbocycles. The van der Waals surface area contributed by atoms with Crippen LogP contribution >= 0.6 is 0 Å². The van der Waals surface area contributed by atoms with Crippen molar-refractivity contribution >= 4 is 199 Å². The molecule has 0 amide bonds. The molecular formula is C45H36B10N4O2. The van der Waals surface area contributed by atoms with Crippen molar-refractivity contribution < 1.29 is 8.83 Å². The number of para-hydroxylation sites is 2. The van der Waals surface area contributed by atoms with Gasteiger partial charge in [0.05, 0.1) is 22.1 Å². The zero-order chi connectivity index (χ0) is 42.2. The van der Waals surface area contributed by atoms with E-state index < -0.39 is 0 Å². The van der Waals surface area contributed by atoms with Crippen molar-refractivity contribution in [3.8, 4) is 39.9 Å². The number of nitrogens with zero attached hydrogens (tertiary/aromatic N) is 4. The van der Waals surface area contributed by atoms with Crippen LogP contribution in [0.4, 0.5) is 0 Å². The van der Waals surface area contributed by atoms with E-state index >= 15 is 0 Å².